The molecule has 0 aromatic heterocycles. The first kappa shape index (κ1) is 12.0. The molecule has 0 saturated carbocycles. The second-order valence-electron chi connectivity index (χ2n) is 2.87. The first-order valence-corrected chi connectivity index (χ1v) is 5.99. The molecule has 0 saturated heterocycles. The maximum Gasteiger partial charge on any atom is 0.0406 e. The number of rotatable bonds is 3. The van der Waals surface area contributed by atoms with Crippen molar-refractivity contribution in [3.63, 3.8) is 0 Å². The summed E-state index contributed by atoms with van der Waals surface area (Å²) in [5.41, 5.74) is 0. The van der Waals surface area contributed by atoms with Crippen LogP contribution in [0.25, 0.3) is 0 Å². The zero-order valence-corrected chi connectivity index (χ0v) is 10.5. The van der Waals surface area contributed by atoms with E-state index in [0.29, 0.717) is 0 Å². The van der Waals surface area contributed by atoms with Crippen molar-refractivity contribution in [3.8, 4) is 0 Å². The average Bonchev–Trinajstić information content (AvgIpc) is 2.20. The van der Waals surface area contributed by atoms with Crippen molar-refractivity contribution in [2.75, 3.05) is 0 Å². The highest BCUT2D eigenvalue weighted by Crippen LogP contribution is 2.31. The minimum atomic E-state index is 0.762. The summed E-state index contributed by atoms with van der Waals surface area (Å²) in [5, 5.41) is 1.68. The van der Waals surface area contributed by atoms with Crippen LogP contribution in [0, 0.1) is 0 Å². The molecule has 0 spiro atoms. The summed E-state index contributed by atoms with van der Waals surface area (Å²) in [7, 11) is 0. The molecular formula is C11H12Cl2S. The normalized spacial score (nSPS) is 12.6. The van der Waals surface area contributed by atoms with Gasteiger partial charge in [-0.25, -0.2) is 0 Å². The lowest BCUT2D eigenvalue weighted by molar-refractivity contribution is 1.18. The fourth-order valence-corrected chi connectivity index (χ4v) is 2.11. The molecule has 0 atom stereocenters. The number of hydrogen-bond acceptors (Lipinski definition) is 1. The number of thioether (sulfide) groups is 1. The molecule has 0 heterocycles. The molecule has 0 N–H and O–H groups in total. The monoisotopic (exact) mass is 246 g/mol. The summed E-state index contributed by atoms with van der Waals surface area (Å²) in [6, 6.07) is 7.76. The van der Waals surface area contributed by atoms with Gasteiger partial charge in [0.25, 0.3) is 0 Å². The Balaban J connectivity index is 2.74. The van der Waals surface area contributed by atoms with E-state index in [1.54, 1.807) is 11.8 Å². The molecule has 1 aromatic rings. The molecule has 0 nitrogen and oxygen atoms in total. The van der Waals surface area contributed by atoms with E-state index in [4.69, 9.17) is 23.2 Å². The molecule has 0 unspecified atom stereocenters. The Morgan fingerprint density at radius 3 is 2.36 bits per heavy atom. The van der Waals surface area contributed by atoms with Crippen LogP contribution < -0.4 is 0 Å². The van der Waals surface area contributed by atoms with E-state index < -0.39 is 0 Å². The zero-order valence-electron chi connectivity index (χ0n) is 8.18. The van der Waals surface area contributed by atoms with Crippen LogP contribution in [0.4, 0.5) is 0 Å². The van der Waals surface area contributed by atoms with Gasteiger partial charge in [0.05, 0.1) is 0 Å². The lowest BCUT2D eigenvalue weighted by Gasteiger charge is -2.03. The van der Waals surface area contributed by atoms with E-state index in [0.717, 1.165) is 21.4 Å². The molecule has 0 amide bonds. The summed E-state index contributed by atoms with van der Waals surface area (Å²) in [4.78, 5) is 2.31. The fraction of sp³-hybridized carbons (Fsp3) is 0.273. The van der Waals surface area contributed by atoms with Gasteiger partial charge in [-0.3, -0.25) is 0 Å². The van der Waals surface area contributed by atoms with Crippen molar-refractivity contribution in [1.82, 2.24) is 0 Å². The standard InChI is InChI=1S/C11H12Cl2S/c1-3-11(13)8(2)14-10-6-4-9(12)5-7-10/h4-7H,3H2,1-2H3/b11-8+. The highest BCUT2D eigenvalue weighted by Gasteiger charge is 2.00. The Bertz CT molecular complexity index is 328. The summed E-state index contributed by atoms with van der Waals surface area (Å²) < 4.78 is 0. The molecule has 0 bridgehead atoms. The quantitative estimate of drug-likeness (QED) is 0.652. The third-order valence-electron chi connectivity index (χ3n) is 1.78. The van der Waals surface area contributed by atoms with Crippen LogP contribution in [0.15, 0.2) is 39.1 Å². The molecule has 0 fully saturated rings. The predicted molar refractivity (Wildman–Crippen MR) is 66.2 cm³/mol. The van der Waals surface area contributed by atoms with Crippen LogP contribution >= 0.6 is 35.0 Å². The van der Waals surface area contributed by atoms with Crippen LogP contribution in [0.2, 0.25) is 5.02 Å². The van der Waals surface area contributed by atoms with E-state index in [-0.39, 0.29) is 0 Å². The van der Waals surface area contributed by atoms with E-state index in [9.17, 15) is 0 Å². The molecule has 0 aliphatic heterocycles. The molecule has 3 heteroatoms. The topological polar surface area (TPSA) is 0 Å². The number of allylic oxidation sites excluding steroid dienone is 2. The van der Waals surface area contributed by atoms with Gasteiger partial charge in [0.15, 0.2) is 0 Å². The zero-order chi connectivity index (χ0) is 10.6. The maximum atomic E-state index is 6.03. The minimum Gasteiger partial charge on any atom is -0.0936 e. The Morgan fingerprint density at radius 1 is 1.29 bits per heavy atom. The number of benzene rings is 1. The van der Waals surface area contributed by atoms with Gasteiger partial charge in [0, 0.05) is 19.9 Å². The molecule has 76 valence electrons. The van der Waals surface area contributed by atoms with Crippen molar-refractivity contribution >= 4 is 35.0 Å². The van der Waals surface area contributed by atoms with Gasteiger partial charge in [0.2, 0.25) is 0 Å². The first-order valence-electron chi connectivity index (χ1n) is 4.42. The second-order valence-corrected chi connectivity index (χ2v) is 5.05. The summed E-state index contributed by atoms with van der Waals surface area (Å²) in [6.07, 6.45) is 0.883. The van der Waals surface area contributed by atoms with Crippen molar-refractivity contribution < 1.29 is 0 Å². The lowest BCUT2D eigenvalue weighted by Crippen LogP contribution is -1.76. The van der Waals surface area contributed by atoms with Crippen LogP contribution in [0.1, 0.15) is 20.3 Å². The molecule has 0 aliphatic carbocycles. The average molecular weight is 247 g/mol. The van der Waals surface area contributed by atoms with Gasteiger partial charge >= 0.3 is 0 Å². The Kier molecular flexibility index (Phi) is 4.86. The highest BCUT2D eigenvalue weighted by molar-refractivity contribution is 8.03. The largest absolute Gasteiger partial charge is 0.0936 e. The summed E-state index contributed by atoms with van der Waals surface area (Å²) in [6.45, 7) is 4.08. The SMILES string of the molecule is CC/C(Cl)=C(/C)Sc1ccc(Cl)cc1. The van der Waals surface area contributed by atoms with Crippen molar-refractivity contribution in [3.05, 3.63) is 39.2 Å². The molecular weight excluding hydrogens is 235 g/mol. The third-order valence-corrected chi connectivity index (χ3v) is 3.75. The molecule has 0 aliphatic rings. The highest BCUT2D eigenvalue weighted by atomic mass is 35.5. The fourth-order valence-electron chi connectivity index (χ4n) is 0.984. The number of hydrogen-bond donors (Lipinski definition) is 0. The van der Waals surface area contributed by atoms with Gasteiger partial charge in [0.1, 0.15) is 0 Å². The maximum absolute atomic E-state index is 6.03. The van der Waals surface area contributed by atoms with Crippen LogP contribution in [0.3, 0.4) is 0 Å². The van der Waals surface area contributed by atoms with Gasteiger partial charge in [-0.1, -0.05) is 41.9 Å². The van der Waals surface area contributed by atoms with Crippen molar-refractivity contribution in [2.45, 2.75) is 25.2 Å². The molecule has 1 rings (SSSR count). The summed E-state index contributed by atoms with van der Waals surface area (Å²) in [5.74, 6) is 0. The van der Waals surface area contributed by atoms with Gasteiger partial charge in [-0.15, -0.1) is 0 Å². The lowest BCUT2D eigenvalue weighted by atomic mass is 10.4. The smallest absolute Gasteiger partial charge is 0.0406 e. The van der Waals surface area contributed by atoms with Gasteiger partial charge < -0.3 is 0 Å². The van der Waals surface area contributed by atoms with Gasteiger partial charge in [-0.2, -0.15) is 0 Å². The van der Waals surface area contributed by atoms with Crippen molar-refractivity contribution in [1.29, 1.82) is 0 Å². The van der Waals surface area contributed by atoms with Crippen molar-refractivity contribution in [2.24, 2.45) is 0 Å². The minimum absolute atomic E-state index is 0.762. The van der Waals surface area contributed by atoms with E-state index in [2.05, 4.69) is 0 Å². The van der Waals surface area contributed by atoms with Gasteiger partial charge in [-0.05, 0) is 37.6 Å². The van der Waals surface area contributed by atoms with E-state index in [1.807, 2.05) is 38.1 Å². The first-order chi connectivity index (χ1) is 6.63. The second kappa shape index (κ2) is 5.69. The predicted octanol–water partition coefficient (Wildman–Crippen LogP) is 5.31. The van der Waals surface area contributed by atoms with E-state index >= 15 is 0 Å². The van der Waals surface area contributed by atoms with Crippen LogP contribution in [-0.2, 0) is 0 Å². The molecule has 14 heavy (non-hydrogen) atoms. The molecule has 0 radical (unpaired) electrons. The third kappa shape index (κ3) is 3.56. The molecule has 1 aromatic carbocycles. The van der Waals surface area contributed by atoms with Crippen LogP contribution in [-0.4, -0.2) is 0 Å². The van der Waals surface area contributed by atoms with Crippen LogP contribution in [0.5, 0.6) is 0 Å². The summed E-state index contributed by atoms with van der Waals surface area (Å²) >= 11 is 13.5. The number of halogens is 2. The van der Waals surface area contributed by atoms with E-state index in [1.165, 1.54) is 4.90 Å². The Hall–Kier alpha value is -0.110. The Labute approximate surface area is 99.3 Å². The Morgan fingerprint density at radius 2 is 1.86 bits per heavy atom.